The number of ether oxygens (including phenoxy) is 1. The average Bonchev–Trinajstić information content (AvgIpc) is 3.18. The monoisotopic (exact) mass is 394 g/mol. The number of amides is 1. The van der Waals surface area contributed by atoms with Gasteiger partial charge in [0.15, 0.2) is 5.82 Å². The van der Waals surface area contributed by atoms with Crippen LogP contribution in [0.15, 0.2) is 47.2 Å². The lowest BCUT2D eigenvalue weighted by molar-refractivity contribution is 0.0740. The van der Waals surface area contributed by atoms with Gasteiger partial charge in [-0.2, -0.15) is 0 Å². The summed E-state index contributed by atoms with van der Waals surface area (Å²) < 4.78 is 10.4. The van der Waals surface area contributed by atoms with Gasteiger partial charge in [-0.1, -0.05) is 17.3 Å². The van der Waals surface area contributed by atoms with Gasteiger partial charge in [0.2, 0.25) is 0 Å². The van der Waals surface area contributed by atoms with E-state index < -0.39 is 0 Å². The number of hydrogen-bond donors (Lipinski definition) is 1. The van der Waals surface area contributed by atoms with Crippen molar-refractivity contribution in [3.8, 4) is 5.75 Å². The molecule has 1 N–H and O–H groups in total. The standard InChI is InChI=1S/C20H22N6O3/c1-14-11-18(24-29-14)23-19-13-21-15(12-22-19)20(27)26-9-7-25(8-10-26)16-5-3-4-6-17(16)28-2/h3-6,11-13H,7-10H2,1-2H3,(H,22,23,24). The average molecular weight is 394 g/mol. The van der Waals surface area contributed by atoms with Crippen LogP contribution in [0.1, 0.15) is 16.2 Å². The maximum Gasteiger partial charge on any atom is 0.274 e. The van der Waals surface area contributed by atoms with Crippen LogP contribution in [0, 0.1) is 6.92 Å². The summed E-state index contributed by atoms with van der Waals surface area (Å²) in [5.74, 6) is 2.45. The number of benzene rings is 1. The summed E-state index contributed by atoms with van der Waals surface area (Å²) >= 11 is 0. The summed E-state index contributed by atoms with van der Waals surface area (Å²) in [4.78, 5) is 25.3. The van der Waals surface area contributed by atoms with Gasteiger partial charge in [0, 0.05) is 32.2 Å². The summed E-state index contributed by atoms with van der Waals surface area (Å²) in [6.45, 7) is 4.47. The molecule has 1 saturated heterocycles. The second-order valence-corrected chi connectivity index (χ2v) is 6.69. The number of carbonyl (C=O) groups is 1. The van der Waals surface area contributed by atoms with E-state index in [-0.39, 0.29) is 5.91 Å². The largest absolute Gasteiger partial charge is 0.495 e. The minimum absolute atomic E-state index is 0.124. The van der Waals surface area contributed by atoms with E-state index in [1.54, 1.807) is 25.0 Å². The quantitative estimate of drug-likeness (QED) is 0.705. The van der Waals surface area contributed by atoms with Crippen LogP contribution >= 0.6 is 0 Å². The van der Waals surface area contributed by atoms with E-state index in [0.717, 1.165) is 24.5 Å². The zero-order valence-electron chi connectivity index (χ0n) is 16.3. The van der Waals surface area contributed by atoms with Crippen molar-refractivity contribution in [2.24, 2.45) is 0 Å². The van der Waals surface area contributed by atoms with E-state index in [4.69, 9.17) is 9.26 Å². The van der Waals surface area contributed by atoms with Gasteiger partial charge in [0.25, 0.3) is 5.91 Å². The first-order valence-corrected chi connectivity index (χ1v) is 9.33. The van der Waals surface area contributed by atoms with Gasteiger partial charge in [0.05, 0.1) is 25.2 Å². The highest BCUT2D eigenvalue weighted by Crippen LogP contribution is 2.28. The first-order valence-electron chi connectivity index (χ1n) is 9.33. The van der Waals surface area contributed by atoms with E-state index in [1.807, 2.05) is 24.3 Å². The molecule has 9 heteroatoms. The third-order valence-electron chi connectivity index (χ3n) is 4.75. The normalized spacial score (nSPS) is 14.0. The number of nitrogens with one attached hydrogen (secondary N) is 1. The molecule has 3 aromatic rings. The molecule has 1 aliphatic heterocycles. The highest BCUT2D eigenvalue weighted by molar-refractivity contribution is 5.92. The van der Waals surface area contributed by atoms with Crippen LogP contribution in [-0.2, 0) is 0 Å². The maximum atomic E-state index is 12.8. The van der Waals surface area contributed by atoms with Gasteiger partial charge < -0.3 is 24.4 Å². The van der Waals surface area contributed by atoms with Crippen LogP contribution in [0.4, 0.5) is 17.3 Å². The number of nitrogens with zero attached hydrogens (tertiary/aromatic N) is 5. The molecule has 0 radical (unpaired) electrons. The van der Waals surface area contributed by atoms with Crippen molar-refractivity contribution < 1.29 is 14.1 Å². The second kappa shape index (κ2) is 8.17. The summed E-state index contributed by atoms with van der Waals surface area (Å²) in [6, 6.07) is 9.66. The summed E-state index contributed by atoms with van der Waals surface area (Å²) in [5.41, 5.74) is 1.36. The fourth-order valence-electron chi connectivity index (χ4n) is 3.26. The Morgan fingerprint density at radius 2 is 1.90 bits per heavy atom. The van der Waals surface area contributed by atoms with E-state index >= 15 is 0 Å². The number of aromatic nitrogens is 3. The van der Waals surface area contributed by atoms with Crippen molar-refractivity contribution in [1.82, 2.24) is 20.0 Å². The Hall–Kier alpha value is -3.62. The Morgan fingerprint density at radius 1 is 1.10 bits per heavy atom. The fourth-order valence-corrected chi connectivity index (χ4v) is 3.26. The van der Waals surface area contributed by atoms with Crippen LogP contribution in [-0.4, -0.2) is 59.2 Å². The smallest absolute Gasteiger partial charge is 0.274 e. The molecule has 0 atom stereocenters. The van der Waals surface area contributed by atoms with Crippen LogP contribution in [0.3, 0.4) is 0 Å². The van der Waals surface area contributed by atoms with E-state index in [2.05, 4.69) is 25.3 Å². The molecule has 9 nitrogen and oxygen atoms in total. The molecule has 1 amide bonds. The number of hydrogen-bond acceptors (Lipinski definition) is 8. The van der Waals surface area contributed by atoms with Crippen molar-refractivity contribution in [2.45, 2.75) is 6.92 Å². The van der Waals surface area contributed by atoms with Crippen molar-refractivity contribution in [1.29, 1.82) is 0 Å². The molecule has 150 valence electrons. The second-order valence-electron chi connectivity index (χ2n) is 6.69. The van der Waals surface area contributed by atoms with Gasteiger partial charge in [0.1, 0.15) is 23.0 Å². The van der Waals surface area contributed by atoms with Crippen LogP contribution in [0.25, 0.3) is 0 Å². The minimum atomic E-state index is -0.124. The molecular weight excluding hydrogens is 372 g/mol. The summed E-state index contributed by atoms with van der Waals surface area (Å²) in [5, 5.41) is 6.83. The van der Waals surface area contributed by atoms with E-state index in [1.165, 1.54) is 12.4 Å². The zero-order valence-corrected chi connectivity index (χ0v) is 16.3. The fraction of sp³-hybridized carbons (Fsp3) is 0.300. The van der Waals surface area contributed by atoms with Gasteiger partial charge in [-0.15, -0.1) is 0 Å². The zero-order chi connectivity index (χ0) is 20.2. The number of rotatable bonds is 5. The molecule has 2 aromatic heterocycles. The Kier molecular flexibility index (Phi) is 5.28. The molecule has 1 aromatic carbocycles. The maximum absolute atomic E-state index is 12.8. The molecule has 0 aliphatic carbocycles. The first kappa shape index (κ1) is 18.7. The number of anilines is 3. The number of carbonyl (C=O) groups excluding carboxylic acids is 1. The van der Waals surface area contributed by atoms with Crippen molar-refractivity contribution in [3.05, 3.63) is 54.2 Å². The van der Waals surface area contributed by atoms with Gasteiger partial charge in [-0.25, -0.2) is 9.97 Å². The molecule has 1 aliphatic rings. The molecular formula is C20H22N6O3. The van der Waals surface area contributed by atoms with E-state index in [0.29, 0.717) is 36.2 Å². The predicted octanol–water partition coefficient (Wildman–Crippen LogP) is 2.49. The highest BCUT2D eigenvalue weighted by Gasteiger charge is 2.24. The Balaban J connectivity index is 1.37. The van der Waals surface area contributed by atoms with Gasteiger partial charge >= 0.3 is 0 Å². The molecule has 0 spiro atoms. The lowest BCUT2D eigenvalue weighted by atomic mass is 10.2. The molecule has 0 unspecified atom stereocenters. The minimum Gasteiger partial charge on any atom is -0.495 e. The molecule has 0 bridgehead atoms. The molecule has 29 heavy (non-hydrogen) atoms. The number of para-hydroxylation sites is 2. The number of methoxy groups -OCH3 is 1. The van der Waals surface area contributed by atoms with Crippen molar-refractivity contribution >= 4 is 23.2 Å². The Labute approximate surface area is 168 Å². The highest BCUT2D eigenvalue weighted by atomic mass is 16.5. The van der Waals surface area contributed by atoms with Crippen LogP contribution in [0.2, 0.25) is 0 Å². The molecule has 1 fully saturated rings. The van der Waals surface area contributed by atoms with Crippen molar-refractivity contribution in [2.75, 3.05) is 43.5 Å². The van der Waals surface area contributed by atoms with Crippen molar-refractivity contribution in [3.63, 3.8) is 0 Å². The van der Waals surface area contributed by atoms with Crippen LogP contribution in [0.5, 0.6) is 5.75 Å². The van der Waals surface area contributed by atoms with Gasteiger partial charge in [-0.05, 0) is 19.1 Å². The topological polar surface area (TPSA) is 96.6 Å². The molecule has 3 heterocycles. The lowest BCUT2D eigenvalue weighted by Gasteiger charge is -2.36. The Morgan fingerprint density at radius 3 is 2.55 bits per heavy atom. The summed E-state index contributed by atoms with van der Waals surface area (Å²) in [6.07, 6.45) is 2.99. The number of aryl methyl sites for hydroxylation is 1. The molecule has 4 rings (SSSR count). The van der Waals surface area contributed by atoms with Crippen LogP contribution < -0.4 is 15.0 Å². The SMILES string of the molecule is COc1ccccc1N1CCN(C(=O)c2cnc(Nc3cc(C)on3)cn2)CC1. The third kappa shape index (κ3) is 4.13. The number of piperazine rings is 1. The lowest BCUT2D eigenvalue weighted by Crippen LogP contribution is -2.49. The molecule has 0 saturated carbocycles. The first-order chi connectivity index (χ1) is 14.1. The van der Waals surface area contributed by atoms with Gasteiger partial charge in [-0.3, -0.25) is 4.79 Å². The van der Waals surface area contributed by atoms with E-state index in [9.17, 15) is 4.79 Å². The Bertz CT molecular complexity index is 980. The predicted molar refractivity (Wildman–Crippen MR) is 108 cm³/mol. The third-order valence-corrected chi connectivity index (χ3v) is 4.75. The summed E-state index contributed by atoms with van der Waals surface area (Å²) in [7, 11) is 1.67.